The molecule has 27 heavy (non-hydrogen) atoms. The molecule has 0 aliphatic carbocycles. The quantitative estimate of drug-likeness (QED) is 0.631. The molecule has 1 rings (SSSR count). The Bertz CT molecular complexity index is 612. The highest BCUT2D eigenvalue weighted by Crippen LogP contribution is 2.08. The van der Waals surface area contributed by atoms with Crippen molar-refractivity contribution in [2.24, 2.45) is 0 Å². The van der Waals surface area contributed by atoms with Crippen molar-refractivity contribution in [2.75, 3.05) is 6.54 Å². The Morgan fingerprint density at radius 2 is 1.74 bits per heavy atom. The monoisotopic (exact) mass is 379 g/mol. The summed E-state index contributed by atoms with van der Waals surface area (Å²) >= 11 is 0. The molecule has 1 atom stereocenters. The summed E-state index contributed by atoms with van der Waals surface area (Å²) in [4.78, 5) is 34.4. The summed E-state index contributed by atoms with van der Waals surface area (Å²) < 4.78 is 10.1. The Hall–Kier alpha value is -2.77. The van der Waals surface area contributed by atoms with Crippen molar-refractivity contribution >= 4 is 18.2 Å². The third kappa shape index (κ3) is 10.7. The average molecular weight is 379 g/mol. The first-order valence-corrected chi connectivity index (χ1v) is 8.82. The maximum Gasteiger partial charge on any atom is 0.408 e. The summed E-state index contributed by atoms with van der Waals surface area (Å²) in [6.45, 7) is 5.56. The van der Waals surface area contributed by atoms with Gasteiger partial charge in [-0.1, -0.05) is 30.3 Å². The van der Waals surface area contributed by atoms with E-state index in [2.05, 4.69) is 10.6 Å². The van der Waals surface area contributed by atoms with Crippen LogP contribution in [-0.2, 0) is 20.9 Å². The molecule has 150 valence electrons. The van der Waals surface area contributed by atoms with E-state index >= 15 is 0 Å². The molecule has 0 unspecified atom stereocenters. The van der Waals surface area contributed by atoms with Gasteiger partial charge in [0.15, 0.2) is 0 Å². The molecule has 1 aromatic rings. The normalized spacial score (nSPS) is 12.0. The summed E-state index contributed by atoms with van der Waals surface area (Å²) in [7, 11) is 0. The molecular weight excluding hydrogens is 352 g/mol. The van der Waals surface area contributed by atoms with Crippen molar-refractivity contribution in [2.45, 2.75) is 58.3 Å². The van der Waals surface area contributed by atoms with Crippen LogP contribution in [0.25, 0.3) is 0 Å². The Labute approximate surface area is 159 Å². The Morgan fingerprint density at radius 1 is 1.07 bits per heavy atom. The van der Waals surface area contributed by atoms with Gasteiger partial charge >= 0.3 is 12.2 Å². The fourth-order valence-electron chi connectivity index (χ4n) is 2.14. The number of amides is 2. The molecule has 0 aliphatic heterocycles. The lowest BCUT2D eigenvalue weighted by Crippen LogP contribution is -2.49. The molecule has 8 heteroatoms. The number of aliphatic carboxylic acids is 1. The molecule has 1 aromatic carbocycles. The summed E-state index contributed by atoms with van der Waals surface area (Å²) in [6.07, 6.45) is -0.183. The number of nitrogens with one attached hydrogen (secondary N) is 2. The zero-order valence-corrected chi connectivity index (χ0v) is 15.9. The summed E-state index contributed by atoms with van der Waals surface area (Å²) in [5, 5.41) is 16.0. The number of hydrogen-bond donors (Lipinski definition) is 2. The maximum absolute atomic E-state index is 11.6. The minimum absolute atomic E-state index is 0.169. The molecule has 2 amide bonds. The summed E-state index contributed by atoms with van der Waals surface area (Å²) in [5.74, 6) is -1.38. The van der Waals surface area contributed by atoms with Gasteiger partial charge in [0.2, 0.25) is 0 Å². The molecular formula is C19H27N2O6-. The first-order chi connectivity index (χ1) is 12.7. The SMILES string of the molecule is CC(C)(C)OC(=O)N[C@@H](CCCCNC(=O)OCc1ccccc1)C(=O)[O-]. The Kier molecular flexibility index (Phi) is 9.12. The molecule has 0 aromatic heterocycles. The average Bonchev–Trinajstić information content (AvgIpc) is 2.57. The van der Waals surface area contributed by atoms with E-state index in [9.17, 15) is 19.5 Å². The topological polar surface area (TPSA) is 117 Å². The van der Waals surface area contributed by atoms with Crippen LogP contribution in [0.5, 0.6) is 0 Å². The van der Waals surface area contributed by atoms with Crippen LogP contribution < -0.4 is 15.7 Å². The predicted octanol–water partition coefficient (Wildman–Crippen LogP) is 1.73. The standard InChI is InChI=1S/C19H28N2O6/c1-19(2,3)27-18(25)21-15(16(22)23)11-7-8-12-20-17(24)26-13-14-9-5-4-6-10-14/h4-6,9-10,15H,7-8,11-13H2,1-3H3,(H,20,24)(H,21,25)(H,22,23)/p-1/t15-/m0/s1. The van der Waals surface area contributed by atoms with Gasteiger partial charge in [-0.2, -0.15) is 0 Å². The third-order valence-corrected chi connectivity index (χ3v) is 3.38. The van der Waals surface area contributed by atoms with Crippen LogP contribution >= 0.6 is 0 Å². The smallest absolute Gasteiger partial charge is 0.408 e. The number of rotatable bonds is 9. The molecule has 0 radical (unpaired) electrons. The first-order valence-electron chi connectivity index (χ1n) is 8.82. The minimum Gasteiger partial charge on any atom is -0.548 e. The summed E-state index contributed by atoms with van der Waals surface area (Å²) in [5.41, 5.74) is 0.169. The van der Waals surface area contributed by atoms with Crippen LogP contribution in [0.1, 0.15) is 45.6 Å². The van der Waals surface area contributed by atoms with Crippen LogP contribution in [-0.4, -0.2) is 36.3 Å². The lowest BCUT2D eigenvalue weighted by molar-refractivity contribution is -0.308. The predicted molar refractivity (Wildman–Crippen MR) is 96.6 cm³/mol. The van der Waals surface area contributed by atoms with Crippen LogP contribution in [0.3, 0.4) is 0 Å². The molecule has 0 saturated heterocycles. The van der Waals surface area contributed by atoms with E-state index in [1.807, 2.05) is 30.3 Å². The van der Waals surface area contributed by atoms with Crippen molar-refractivity contribution in [3.05, 3.63) is 35.9 Å². The second-order valence-electron chi connectivity index (χ2n) is 7.00. The number of ether oxygens (including phenoxy) is 2. The second kappa shape index (κ2) is 11.1. The van der Waals surface area contributed by atoms with Crippen molar-refractivity contribution in [3.63, 3.8) is 0 Å². The lowest BCUT2D eigenvalue weighted by atomic mass is 10.1. The van der Waals surface area contributed by atoms with Crippen LogP contribution in [0, 0.1) is 0 Å². The minimum atomic E-state index is -1.38. The van der Waals surface area contributed by atoms with Crippen molar-refractivity contribution in [3.8, 4) is 0 Å². The first kappa shape index (κ1) is 22.3. The number of carbonyl (C=O) groups excluding carboxylic acids is 3. The number of carbonyl (C=O) groups is 3. The van der Waals surface area contributed by atoms with Gasteiger partial charge in [0, 0.05) is 6.54 Å². The van der Waals surface area contributed by atoms with Gasteiger partial charge < -0.3 is 30.0 Å². The number of carboxylic acid groups (broad SMARTS) is 1. The van der Waals surface area contributed by atoms with Gasteiger partial charge in [0.05, 0.1) is 12.0 Å². The van der Waals surface area contributed by atoms with E-state index in [0.29, 0.717) is 19.4 Å². The molecule has 0 spiro atoms. The largest absolute Gasteiger partial charge is 0.548 e. The van der Waals surface area contributed by atoms with E-state index in [1.165, 1.54) is 0 Å². The zero-order valence-electron chi connectivity index (χ0n) is 15.9. The van der Waals surface area contributed by atoms with Gasteiger partial charge in [-0.15, -0.1) is 0 Å². The van der Waals surface area contributed by atoms with E-state index in [4.69, 9.17) is 9.47 Å². The van der Waals surface area contributed by atoms with Gasteiger partial charge in [0.1, 0.15) is 12.2 Å². The Balaban J connectivity index is 2.21. The lowest BCUT2D eigenvalue weighted by Gasteiger charge is -2.24. The van der Waals surface area contributed by atoms with Crippen LogP contribution in [0.4, 0.5) is 9.59 Å². The molecule has 0 fully saturated rings. The van der Waals surface area contributed by atoms with Crippen LogP contribution in [0.2, 0.25) is 0 Å². The second-order valence-corrected chi connectivity index (χ2v) is 7.00. The molecule has 8 nitrogen and oxygen atoms in total. The number of alkyl carbamates (subject to hydrolysis) is 2. The van der Waals surface area contributed by atoms with Crippen molar-refractivity contribution in [1.82, 2.24) is 10.6 Å². The van der Waals surface area contributed by atoms with E-state index < -0.39 is 29.8 Å². The fourth-order valence-corrected chi connectivity index (χ4v) is 2.14. The van der Waals surface area contributed by atoms with E-state index in [0.717, 1.165) is 5.56 Å². The highest BCUT2D eigenvalue weighted by Gasteiger charge is 2.19. The Morgan fingerprint density at radius 3 is 2.33 bits per heavy atom. The van der Waals surface area contributed by atoms with E-state index in [1.54, 1.807) is 20.8 Å². The number of carboxylic acids is 1. The molecule has 0 aliphatic rings. The highest BCUT2D eigenvalue weighted by atomic mass is 16.6. The van der Waals surface area contributed by atoms with Crippen LogP contribution in [0.15, 0.2) is 30.3 Å². The summed E-state index contributed by atoms with van der Waals surface area (Å²) in [6, 6.07) is 8.15. The van der Waals surface area contributed by atoms with Gasteiger partial charge in [0.25, 0.3) is 0 Å². The number of unbranched alkanes of at least 4 members (excludes halogenated alkanes) is 1. The van der Waals surface area contributed by atoms with Gasteiger partial charge in [-0.05, 0) is 45.6 Å². The molecule has 0 saturated carbocycles. The molecule has 0 bridgehead atoms. The molecule has 0 heterocycles. The van der Waals surface area contributed by atoms with Gasteiger partial charge in [-0.25, -0.2) is 9.59 Å². The molecule has 2 N–H and O–H groups in total. The van der Waals surface area contributed by atoms with Crippen molar-refractivity contribution < 1.29 is 29.0 Å². The number of hydrogen-bond acceptors (Lipinski definition) is 6. The van der Waals surface area contributed by atoms with Gasteiger partial charge in [-0.3, -0.25) is 0 Å². The maximum atomic E-state index is 11.6. The highest BCUT2D eigenvalue weighted by molar-refractivity contribution is 5.78. The third-order valence-electron chi connectivity index (χ3n) is 3.38. The number of benzene rings is 1. The van der Waals surface area contributed by atoms with Crippen molar-refractivity contribution in [1.29, 1.82) is 0 Å². The fraction of sp³-hybridized carbons (Fsp3) is 0.526. The van der Waals surface area contributed by atoms with E-state index in [-0.39, 0.29) is 13.0 Å². The zero-order chi connectivity index (χ0) is 20.3.